The molecule has 0 unspecified atom stereocenters. The Hall–Kier alpha value is -5.60. The van der Waals surface area contributed by atoms with Gasteiger partial charge in [-0.1, -0.05) is 104 Å². The van der Waals surface area contributed by atoms with Gasteiger partial charge in [0.15, 0.2) is 23.2 Å². The number of rotatable bonds is 6. The predicted molar refractivity (Wildman–Crippen MR) is 311 cm³/mol. The third kappa shape index (κ3) is 8.34. The summed E-state index contributed by atoms with van der Waals surface area (Å²) < 4.78 is 14.2. The lowest BCUT2D eigenvalue weighted by Gasteiger charge is -2.66. The smallest absolute Gasteiger partial charge is 0.189 e. The van der Waals surface area contributed by atoms with E-state index >= 15 is 4.79 Å². The maximum atomic E-state index is 15.4. The number of Topliss-reactive ketones (excluding diaryl/α,β-unsaturated/α-hetero) is 1. The second-order valence-electron chi connectivity index (χ2n) is 27.2. The zero-order valence-electron chi connectivity index (χ0n) is 47.2. The van der Waals surface area contributed by atoms with Crippen molar-refractivity contribution in [2.75, 3.05) is 20.3 Å². The van der Waals surface area contributed by atoms with E-state index < -0.39 is 22.0 Å². The molecule has 13 atom stereocenters. The Balaban J connectivity index is 1.02. The molecule has 0 saturated heterocycles. The zero-order chi connectivity index (χ0) is 54.7. The van der Waals surface area contributed by atoms with Crippen molar-refractivity contribution in [3.05, 3.63) is 135 Å². The monoisotopic (exact) mass is 1080 g/mol. The fourth-order valence-electron chi connectivity index (χ4n) is 19.6. The number of carbonyl (C=O) groups is 1. The van der Waals surface area contributed by atoms with Gasteiger partial charge < -0.3 is 41.0 Å². The van der Waals surface area contributed by atoms with Crippen LogP contribution >= 0.6 is 0 Å². The number of aromatic hydroxyl groups is 2. The van der Waals surface area contributed by atoms with Gasteiger partial charge in [-0.3, -0.25) is 4.79 Å². The molecule has 7 N–H and O–H groups in total. The maximum absolute atomic E-state index is 15.4. The molecule has 1 heterocycles. The summed E-state index contributed by atoms with van der Waals surface area (Å²) in [4.78, 5) is 21.0. The molecule has 10 aliphatic carbocycles. The SMILES string of the molecule is CO[C@]12C=C[C@H]3[C@H]4C=C5[C@@H]6C[C@H](C)C[C@]5(CC1)[C@@H](c1c(O)c(OC5CCCC5)cc([C@H]5CC[C@H]7C[C@]8(CO)C=CCC[C@@H]8C(CO)=C7C(=O)C5)c1C#CC[C@@H]3N=C(N)NC1(CCCCC1)c1cccc(c1)Cc1cc(O)cc6c1)[C@H]42. The molecule has 3 aromatic rings. The van der Waals surface area contributed by atoms with Gasteiger partial charge in [-0.15, -0.1) is 0 Å². The van der Waals surface area contributed by atoms with Crippen molar-refractivity contribution in [1.29, 1.82) is 0 Å². The van der Waals surface area contributed by atoms with E-state index in [1.54, 1.807) is 0 Å². The highest BCUT2D eigenvalue weighted by molar-refractivity contribution is 5.98. The fraction of sp³-hybridized carbons (Fsp3) is 0.571. The van der Waals surface area contributed by atoms with Crippen LogP contribution in [0, 0.1) is 58.2 Å². The number of nitrogens with one attached hydrogen (secondary N) is 1. The number of guanidine groups is 1. The molecule has 11 bridgehead atoms. The van der Waals surface area contributed by atoms with E-state index in [4.69, 9.17) is 20.2 Å². The third-order valence-corrected chi connectivity index (χ3v) is 22.9. The number of nitrogens with zero attached hydrogens (tertiary/aromatic N) is 1. The van der Waals surface area contributed by atoms with Gasteiger partial charge in [0.1, 0.15) is 5.75 Å². The lowest BCUT2D eigenvalue weighted by molar-refractivity contribution is -0.128. The highest BCUT2D eigenvalue weighted by atomic mass is 16.5. The summed E-state index contributed by atoms with van der Waals surface area (Å²) in [5.41, 5.74) is 15.6. The summed E-state index contributed by atoms with van der Waals surface area (Å²) in [6.45, 7) is 2.20. The zero-order valence-corrected chi connectivity index (χ0v) is 47.2. The summed E-state index contributed by atoms with van der Waals surface area (Å²) in [5.74, 6) is 8.37. The van der Waals surface area contributed by atoms with E-state index in [1.807, 2.05) is 19.2 Å². The summed E-state index contributed by atoms with van der Waals surface area (Å²) >= 11 is 0. The maximum Gasteiger partial charge on any atom is 0.189 e. The van der Waals surface area contributed by atoms with Crippen LogP contribution in [0.15, 0.2) is 101 Å². The van der Waals surface area contributed by atoms with Crippen LogP contribution in [0.3, 0.4) is 0 Å². The second kappa shape index (κ2) is 20.1. The number of ketones is 1. The molecule has 14 rings (SSSR count). The predicted octanol–water partition coefficient (Wildman–Crippen LogP) is 12.1. The van der Waals surface area contributed by atoms with Gasteiger partial charge in [0.05, 0.1) is 36.5 Å². The number of ether oxygens (including phenoxy) is 2. The van der Waals surface area contributed by atoms with Crippen molar-refractivity contribution >= 4 is 11.7 Å². The quantitative estimate of drug-likeness (QED) is 0.104. The second-order valence-corrected chi connectivity index (χ2v) is 27.2. The number of phenols is 2. The molecular formula is C70H83N3O7. The van der Waals surface area contributed by atoms with Gasteiger partial charge in [-0.2, -0.15) is 0 Å². The molecule has 5 saturated carbocycles. The van der Waals surface area contributed by atoms with Gasteiger partial charge in [0.25, 0.3) is 0 Å². The molecule has 1 aliphatic heterocycles. The Morgan fingerprint density at radius 3 is 2.54 bits per heavy atom. The number of phenolic OH excluding ortho intramolecular Hbond substituents is 2. The number of hydrogen-bond acceptors (Lipinski definition) is 10. The number of hydrogen-bond donors (Lipinski definition) is 6. The fourth-order valence-corrected chi connectivity index (χ4v) is 19.6. The van der Waals surface area contributed by atoms with Crippen LogP contribution in [0.5, 0.6) is 17.2 Å². The van der Waals surface area contributed by atoms with Crippen LogP contribution in [0.2, 0.25) is 0 Å². The number of aliphatic imine (C=N–C) groups is 1. The van der Waals surface area contributed by atoms with Gasteiger partial charge >= 0.3 is 0 Å². The number of benzene rings is 3. The largest absolute Gasteiger partial charge is 0.508 e. The normalized spacial score (nSPS) is 36.6. The van der Waals surface area contributed by atoms with Crippen molar-refractivity contribution in [2.45, 2.75) is 183 Å². The van der Waals surface area contributed by atoms with E-state index in [2.05, 4.69) is 90.9 Å². The molecular weight excluding hydrogens is 995 g/mol. The van der Waals surface area contributed by atoms with Crippen molar-refractivity contribution < 1.29 is 34.7 Å². The third-order valence-electron chi connectivity index (χ3n) is 22.9. The highest BCUT2D eigenvalue weighted by Crippen LogP contribution is 2.73. The van der Waals surface area contributed by atoms with Gasteiger partial charge in [0.2, 0.25) is 0 Å². The Kier molecular flexibility index (Phi) is 13.2. The Morgan fingerprint density at radius 2 is 1.73 bits per heavy atom. The van der Waals surface area contributed by atoms with Gasteiger partial charge in [-0.25, -0.2) is 4.99 Å². The van der Waals surface area contributed by atoms with E-state index in [1.165, 1.54) is 23.1 Å². The lowest BCUT2D eigenvalue weighted by atomic mass is 9.39. The summed E-state index contributed by atoms with van der Waals surface area (Å²) in [6.07, 6.45) is 29.5. The first-order valence-electron chi connectivity index (χ1n) is 31.1. The first kappa shape index (κ1) is 52.5. The number of methoxy groups -OCH3 is 1. The van der Waals surface area contributed by atoms with Gasteiger partial charge in [0, 0.05) is 65.7 Å². The van der Waals surface area contributed by atoms with Crippen LogP contribution < -0.4 is 15.8 Å². The standard InChI is InChI=1S/C70H83N3O7/c1-41-28-53-46-30-43(32-48(76)33-46)29-42-12-10-13-47(31-42)69(23-7-3-8-24-69)73-66(71)72-58-18-11-16-51-52(44-19-20-45-38-67(40-75)22-9-6-17-56(67)55(39-74)61(45)59(77)34-44)36-60(80-49-14-4-5-15-49)65(78)62(51)64-63-54-35-57(53)68(64,37-41)26-27-70(63,79-2)25-21-50(54)58/h9-10,12-13,21-22,25,30-33,35-36,41,44-45,49-50,53-54,56,58,63-64,74-76,78H,3-8,14-15,17-20,23-24,26-29,34,37-40H2,1-2H3,(H3,71,72,73)/t41-,44-,45-,50-,53+,54+,56+,58-,63-,64-,67-,68-,70+/m0/s1. The minimum Gasteiger partial charge on any atom is -0.508 e. The minimum absolute atomic E-state index is 0.00885. The Bertz CT molecular complexity index is 3220. The molecule has 5 fully saturated rings. The number of aliphatic hydroxyl groups excluding tert-OH is 2. The van der Waals surface area contributed by atoms with E-state index in [0.29, 0.717) is 43.3 Å². The molecule has 80 heavy (non-hydrogen) atoms. The molecule has 3 aromatic carbocycles. The molecule has 10 nitrogen and oxygen atoms in total. The van der Waals surface area contributed by atoms with Crippen molar-refractivity contribution in [2.24, 2.45) is 57.1 Å². The van der Waals surface area contributed by atoms with Crippen LogP contribution in [-0.2, 0) is 21.5 Å². The van der Waals surface area contributed by atoms with Crippen LogP contribution in [-0.4, -0.2) is 70.2 Å². The summed E-state index contributed by atoms with van der Waals surface area (Å²) in [5, 5.41) is 51.9. The number of aliphatic hydroxyl groups is 2. The van der Waals surface area contributed by atoms with Crippen LogP contribution in [0.1, 0.15) is 192 Å². The minimum atomic E-state index is -0.672. The van der Waals surface area contributed by atoms with Crippen molar-refractivity contribution in [1.82, 2.24) is 5.32 Å². The van der Waals surface area contributed by atoms with E-state index in [9.17, 15) is 20.4 Å². The van der Waals surface area contributed by atoms with E-state index in [0.717, 1.165) is 135 Å². The van der Waals surface area contributed by atoms with E-state index in [-0.39, 0.29) is 96.4 Å². The van der Waals surface area contributed by atoms with Crippen molar-refractivity contribution in [3.63, 3.8) is 0 Å². The molecule has 11 aliphatic rings. The Morgan fingerprint density at radius 1 is 0.887 bits per heavy atom. The average molecular weight is 1080 g/mol. The molecule has 2 spiro atoms. The summed E-state index contributed by atoms with van der Waals surface area (Å²) in [7, 11) is 1.88. The van der Waals surface area contributed by atoms with Crippen LogP contribution in [0.4, 0.5) is 0 Å². The average Bonchev–Trinajstić information content (AvgIpc) is 3.99. The number of allylic oxidation sites excluding steroid dienone is 4. The number of nitrogens with two attached hydrogens (primary N) is 1. The van der Waals surface area contributed by atoms with Crippen LogP contribution in [0.25, 0.3) is 0 Å². The molecule has 420 valence electrons. The summed E-state index contributed by atoms with van der Waals surface area (Å²) in [6, 6.07) is 17.1. The number of carbonyl (C=O) groups excluding carboxylic acids is 1. The van der Waals surface area contributed by atoms with Crippen molar-refractivity contribution in [3.8, 4) is 29.1 Å². The van der Waals surface area contributed by atoms with Gasteiger partial charge in [-0.05, 0) is 189 Å². The molecule has 0 aromatic heterocycles. The lowest BCUT2D eigenvalue weighted by Crippen LogP contribution is -2.62. The Labute approximate surface area is 473 Å². The topological polar surface area (TPSA) is 167 Å². The highest BCUT2D eigenvalue weighted by Gasteiger charge is 2.67. The first-order chi connectivity index (χ1) is 38.9. The molecule has 10 heteroatoms. The molecule has 0 amide bonds. The number of fused-ring (bicyclic) bond motifs is 9. The first-order valence-corrected chi connectivity index (χ1v) is 31.1. The molecule has 0 radical (unpaired) electrons.